The Morgan fingerprint density at radius 3 is 2.64 bits per heavy atom. The molecule has 0 spiro atoms. The van der Waals surface area contributed by atoms with Gasteiger partial charge in [-0.15, -0.1) is 0 Å². The molecule has 28 heavy (non-hydrogen) atoms. The Kier molecular flexibility index (Phi) is 5.65. The van der Waals surface area contributed by atoms with Crippen molar-refractivity contribution in [1.29, 1.82) is 0 Å². The average Bonchev–Trinajstić information content (AvgIpc) is 2.95. The van der Waals surface area contributed by atoms with Gasteiger partial charge in [-0.3, -0.25) is 14.5 Å². The van der Waals surface area contributed by atoms with Crippen molar-refractivity contribution >= 4 is 40.5 Å². The summed E-state index contributed by atoms with van der Waals surface area (Å²) in [6, 6.07) is 12.6. The van der Waals surface area contributed by atoms with Gasteiger partial charge >= 0.3 is 11.9 Å². The fraction of sp³-hybridized carbons (Fsp3) is 0.158. The SMILES string of the molecule is COC(=O)c1cccc(CN2C(=O)S[C@@H](Nc3ccccc3C(=O)O)C2=O)c1. The summed E-state index contributed by atoms with van der Waals surface area (Å²) in [5.74, 6) is -2.14. The maximum atomic E-state index is 12.7. The van der Waals surface area contributed by atoms with Crippen LogP contribution in [0.2, 0.25) is 0 Å². The van der Waals surface area contributed by atoms with Gasteiger partial charge in [0.15, 0.2) is 5.37 Å². The third-order valence-corrected chi connectivity index (χ3v) is 5.04. The van der Waals surface area contributed by atoms with Crippen LogP contribution in [-0.4, -0.2) is 45.6 Å². The molecule has 0 saturated carbocycles. The largest absolute Gasteiger partial charge is 0.478 e. The molecule has 1 atom stereocenters. The molecule has 1 heterocycles. The highest BCUT2D eigenvalue weighted by Gasteiger charge is 2.40. The number of rotatable bonds is 6. The molecule has 0 radical (unpaired) electrons. The number of aromatic carboxylic acids is 1. The molecule has 0 aliphatic carbocycles. The maximum Gasteiger partial charge on any atom is 0.337 e. The highest BCUT2D eigenvalue weighted by atomic mass is 32.2. The minimum Gasteiger partial charge on any atom is -0.478 e. The number of methoxy groups -OCH3 is 1. The molecule has 0 aromatic heterocycles. The van der Waals surface area contributed by atoms with E-state index in [2.05, 4.69) is 10.1 Å². The average molecular weight is 400 g/mol. The number of nitrogens with one attached hydrogen (secondary N) is 1. The molecule has 1 aliphatic rings. The van der Waals surface area contributed by atoms with Crippen molar-refractivity contribution in [2.75, 3.05) is 12.4 Å². The van der Waals surface area contributed by atoms with Crippen molar-refractivity contribution in [1.82, 2.24) is 4.90 Å². The van der Waals surface area contributed by atoms with Crippen LogP contribution < -0.4 is 5.32 Å². The number of ether oxygens (including phenoxy) is 1. The fourth-order valence-electron chi connectivity index (χ4n) is 2.71. The number of carbonyl (C=O) groups is 4. The van der Waals surface area contributed by atoms with Crippen molar-refractivity contribution in [3.63, 3.8) is 0 Å². The van der Waals surface area contributed by atoms with Crippen LogP contribution >= 0.6 is 11.8 Å². The second-order valence-electron chi connectivity index (χ2n) is 5.88. The normalized spacial score (nSPS) is 16.2. The summed E-state index contributed by atoms with van der Waals surface area (Å²) < 4.78 is 4.67. The zero-order chi connectivity index (χ0) is 20.3. The summed E-state index contributed by atoms with van der Waals surface area (Å²) >= 11 is 0.773. The van der Waals surface area contributed by atoms with Crippen molar-refractivity contribution in [3.05, 3.63) is 65.2 Å². The van der Waals surface area contributed by atoms with Gasteiger partial charge in [0.2, 0.25) is 0 Å². The molecule has 2 aromatic carbocycles. The van der Waals surface area contributed by atoms with E-state index in [-0.39, 0.29) is 17.8 Å². The Hall–Kier alpha value is -3.33. The van der Waals surface area contributed by atoms with Gasteiger partial charge in [-0.25, -0.2) is 9.59 Å². The number of esters is 1. The van der Waals surface area contributed by atoms with Crippen molar-refractivity contribution in [2.45, 2.75) is 11.9 Å². The minimum atomic E-state index is -1.14. The number of amides is 2. The number of hydrogen-bond donors (Lipinski definition) is 2. The molecule has 2 aromatic rings. The first kappa shape index (κ1) is 19.4. The van der Waals surface area contributed by atoms with Crippen LogP contribution in [-0.2, 0) is 16.1 Å². The summed E-state index contributed by atoms with van der Waals surface area (Å²) in [6.45, 7) is -0.00570. The van der Waals surface area contributed by atoms with E-state index in [1.165, 1.54) is 19.2 Å². The van der Waals surface area contributed by atoms with Crippen molar-refractivity contribution in [2.24, 2.45) is 0 Å². The van der Waals surface area contributed by atoms with E-state index in [1.54, 1.807) is 36.4 Å². The molecule has 8 nitrogen and oxygen atoms in total. The number of carboxylic acids is 1. The lowest BCUT2D eigenvalue weighted by Crippen LogP contribution is -2.34. The van der Waals surface area contributed by atoms with Gasteiger partial charge in [-0.1, -0.05) is 24.3 Å². The zero-order valence-electron chi connectivity index (χ0n) is 14.7. The molecule has 0 unspecified atom stereocenters. The topological polar surface area (TPSA) is 113 Å². The summed E-state index contributed by atoms with van der Waals surface area (Å²) in [5.41, 5.74) is 1.17. The number of nitrogens with zero attached hydrogens (tertiary/aromatic N) is 1. The summed E-state index contributed by atoms with van der Waals surface area (Å²) in [6.07, 6.45) is 0. The number of hydrogen-bond acceptors (Lipinski definition) is 7. The summed E-state index contributed by atoms with van der Waals surface area (Å²) in [7, 11) is 1.27. The number of para-hydroxylation sites is 1. The molecule has 1 aliphatic heterocycles. The molecule has 1 fully saturated rings. The quantitative estimate of drug-likeness (QED) is 0.712. The van der Waals surface area contributed by atoms with E-state index in [0.29, 0.717) is 11.1 Å². The summed E-state index contributed by atoms with van der Waals surface area (Å²) in [4.78, 5) is 49.0. The third kappa shape index (κ3) is 3.99. The van der Waals surface area contributed by atoms with Crippen LogP contribution in [0.1, 0.15) is 26.3 Å². The van der Waals surface area contributed by atoms with E-state index in [0.717, 1.165) is 16.7 Å². The van der Waals surface area contributed by atoms with E-state index < -0.39 is 28.5 Å². The standard InChI is InChI=1S/C19H16N2O6S/c1-27-18(25)12-6-4-5-11(9-12)10-21-16(22)15(28-19(21)26)20-14-8-3-2-7-13(14)17(23)24/h2-9,15,20H,10H2,1H3,(H,23,24)/t15-/m1/s1. The van der Waals surface area contributed by atoms with E-state index in [4.69, 9.17) is 0 Å². The summed E-state index contributed by atoms with van der Waals surface area (Å²) in [5, 5.41) is 10.7. The molecule has 0 bridgehead atoms. The highest BCUT2D eigenvalue weighted by molar-refractivity contribution is 8.15. The predicted octanol–water partition coefficient (Wildman–Crippen LogP) is 2.81. The zero-order valence-corrected chi connectivity index (χ0v) is 15.6. The van der Waals surface area contributed by atoms with E-state index in [1.807, 2.05) is 0 Å². The van der Waals surface area contributed by atoms with Gasteiger partial charge in [-0.2, -0.15) is 0 Å². The van der Waals surface area contributed by atoms with Gasteiger partial charge in [0.1, 0.15) is 0 Å². The Morgan fingerprint density at radius 1 is 1.18 bits per heavy atom. The van der Waals surface area contributed by atoms with Gasteiger partial charge in [0.25, 0.3) is 11.1 Å². The van der Waals surface area contributed by atoms with Gasteiger partial charge in [0, 0.05) is 5.69 Å². The van der Waals surface area contributed by atoms with Gasteiger partial charge < -0.3 is 15.2 Å². The van der Waals surface area contributed by atoms with Crippen molar-refractivity contribution < 1.29 is 29.0 Å². The van der Waals surface area contributed by atoms with Crippen molar-refractivity contribution in [3.8, 4) is 0 Å². The lowest BCUT2D eigenvalue weighted by Gasteiger charge is -2.16. The van der Waals surface area contributed by atoms with Crippen LogP contribution in [0.15, 0.2) is 48.5 Å². The van der Waals surface area contributed by atoms with Crippen LogP contribution in [0.3, 0.4) is 0 Å². The van der Waals surface area contributed by atoms with Gasteiger partial charge in [0.05, 0.1) is 24.8 Å². The molecule has 144 valence electrons. The number of carboxylic acid groups (broad SMARTS) is 1. The number of carbonyl (C=O) groups excluding carboxylic acids is 3. The molecular weight excluding hydrogens is 384 g/mol. The number of imide groups is 1. The van der Waals surface area contributed by atoms with Crippen LogP contribution in [0.4, 0.5) is 10.5 Å². The van der Waals surface area contributed by atoms with E-state index >= 15 is 0 Å². The minimum absolute atomic E-state index is 0.00570. The molecule has 2 amide bonds. The molecule has 2 N–H and O–H groups in total. The molecule has 1 saturated heterocycles. The molecule has 9 heteroatoms. The van der Waals surface area contributed by atoms with E-state index in [9.17, 15) is 24.3 Å². The van der Waals surface area contributed by atoms with Gasteiger partial charge in [-0.05, 0) is 41.6 Å². The van der Waals surface area contributed by atoms with Crippen LogP contribution in [0.5, 0.6) is 0 Å². The Balaban J connectivity index is 1.76. The number of benzene rings is 2. The first-order valence-electron chi connectivity index (χ1n) is 8.19. The second-order valence-corrected chi connectivity index (χ2v) is 6.93. The predicted molar refractivity (Wildman–Crippen MR) is 102 cm³/mol. The first-order chi connectivity index (χ1) is 13.4. The second kappa shape index (κ2) is 8.13. The third-order valence-electron chi connectivity index (χ3n) is 4.06. The monoisotopic (exact) mass is 400 g/mol. The number of thioether (sulfide) groups is 1. The Morgan fingerprint density at radius 2 is 1.93 bits per heavy atom. The molecule has 3 rings (SSSR count). The first-order valence-corrected chi connectivity index (χ1v) is 9.07. The maximum absolute atomic E-state index is 12.7. The molecular formula is C19H16N2O6S. The lowest BCUT2D eigenvalue weighted by molar-refractivity contribution is -0.126. The highest BCUT2D eigenvalue weighted by Crippen LogP contribution is 2.30. The lowest BCUT2D eigenvalue weighted by atomic mass is 10.1. The van der Waals surface area contributed by atoms with Crippen LogP contribution in [0, 0.1) is 0 Å². The number of anilines is 1. The fourth-order valence-corrected chi connectivity index (χ4v) is 3.61. The Labute approximate surface area is 164 Å². The van der Waals surface area contributed by atoms with Crippen LogP contribution in [0.25, 0.3) is 0 Å². The smallest absolute Gasteiger partial charge is 0.337 e. The Bertz CT molecular complexity index is 961.